The SMILES string of the molecule is CC(C)(CO)COP(O)Cl. The van der Waals surface area contributed by atoms with Gasteiger partial charge in [0, 0.05) is 5.41 Å². The molecule has 0 aromatic heterocycles. The van der Waals surface area contributed by atoms with Crippen molar-refractivity contribution in [1.82, 2.24) is 0 Å². The monoisotopic (exact) mass is 186 g/mol. The molecular formula is C5H12ClO3P. The van der Waals surface area contributed by atoms with Gasteiger partial charge in [-0.3, -0.25) is 0 Å². The van der Waals surface area contributed by atoms with Crippen LogP contribution < -0.4 is 0 Å². The van der Waals surface area contributed by atoms with Gasteiger partial charge in [0.25, 0.3) is 7.73 Å². The summed E-state index contributed by atoms with van der Waals surface area (Å²) in [7, 11) is -1.81. The first-order valence-electron chi connectivity index (χ1n) is 2.86. The predicted molar refractivity (Wildman–Crippen MR) is 41.8 cm³/mol. The molecular weight excluding hydrogens is 174 g/mol. The van der Waals surface area contributed by atoms with Gasteiger partial charge in [0.2, 0.25) is 0 Å². The maximum absolute atomic E-state index is 8.71. The van der Waals surface area contributed by atoms with Crippen molar-refractivity contribution < 1.29 is 14.5 Å². The first-order valence-corrected chi connectivity index (χ1v) is 4.98. The quantitative estimate of drug-likeness (QED) is 0.654. The fraction of sp³-hybridized carbons (Fsp3) is 1.00. The van der Waals surface area contributed by atoms with Crippen LogP contribution in [-0.2, 0) is 4.52 Å². The van der Waals surface area contributed by atoms with Crippen molar-refractivity contribution in [3.63, 3.8) is 0 Å². The smallest absolute Gasteiger partial charge is 0.274 e. The average molecular weight is 187 g/mol. The van der Waals surface area contributed by atoms with Crippen molar-refractivity contribution >= 4 is 19.0 Å². The first kappa shape index (κ1) is 10.6. The largest absolute Gasteiger partial charge is 0.396 e. The first-order chi connectivity index (χ1) is 4.48. The van der Waals surface area contributed by atoms with E-state index in [0.29, 0.717) is 0 Å². The highest BCUT2D eigenvalue weighted by Gasteiger charge is 2.18. The molecule has 62 valence electrons. The summed E-state index contributed by atoms with van der Waals surface area (Å²) in [6.07, 6.45) is 0. The van der Waals surface area contributed by atoms with Crippen LogP contribution in [0.25, 0.3) is 0 Å². The summed E-state index contributed by atoms with van der Waals surface area (Å²) in [6.45, 7) is 3.94. The summed E-state index contributed by atoms with van der Waals surface area (Å²) in [5.41, 5.74) is -0.321. The lowest BCUT2D eigenvalue weighted by Crippen LogP contribution is -2.22. The van der Waals surface area contributed by atoms with E-state index < -0.39 is 7.73 Å². The highest BCUT2D eigenvalue weighted by Crippen LogP contribution is 2.38. The molecule has 0 aliphatic rings. The normalized spacial score (nSPS) is 15.3. The molecule has 0 radical (unpaired) electrons. The van der Waals surface area contributed by atoms with Crippen molar-refractivity contribution in [2.45, 2.75) is 13.8 Å². The molecule has 0 aliphatic heterocycles. The molecule has 0 aromatic rings. The molecule has 0 aliphatic carbocycles. The van der Waals surface area contributed by atoms with Gasteiger partial charge in [-0.25, -0.2) is 0 Å². The summed E-state index contributed by atoms with van der Waals surface area (Å²) in [4.78, 5) is 8.54. The van der Waals surface area contributed by atoms with E-state index in [0.717, 1.165) is 0 Å². The van der Waals surface area contributed by atoms with E-state index in [1.54, 1.807) is 0 Å². The highest BCUT2D eigenvalue weighted by molar-refractivity contribution is 7.75. The van der Waals surface area contributed by atoms with Gasteiger partial charge < -0.3 is 14.5 Å². The lowest BCUT2D eigenvalue weighted by molar-refractivity contribution is 0.100. The molecule has 1 unspecified atom stereocenters. The Hall–Kier alpha value is 0.600. The molecule has 10 heavy (non-hydrogen) atoms. The van der Waals surface area contributed by atoms with Gasteiger partial charge in [-0.1, -0.05) is 13.8 Å². The molecule has 0 amide bonds. The molecule has 0 aromatic carbocycles. The lowest BCUT2D eigenvalue weighted by atomic mass is 9.97. The summed E-state index contributed by atoms with van der Waals surface area (Å²) >= 11 is 5.16. The summed E-state index contributed by atoms with van der Waals surface area (Å²) in [5.74, 6) is 0. The minimum Gasteiger partial charge on any atom is -0.396 e. The maximum Gasteiger partial charge on any atom is 0.274 e. The van der Waals surface area contributed by atoms with Crippen LogP contribution in [0.2, 0.25) is 0 Å². The molecule has 0 fully saturated rings. The molecule has 0 heterocycles. The third kappa shape index (κ3) is 5.39. The molecule has 5 heteroatoms. The molecule has 2 N–H and O–H groups in total. The molecule has 0 rings (SSSR count). The van der Waals surface area contributed by atoms with E-state index >= 15 is 0 Å². The second kappa shape index (κ2) is 4.47. The zero-order valence-corrected chi connectivity index (χ0v) is 7.69. The van der Waals surface area contributed by atoms with Crippen LogP contribution in [-0.4, -0.2) is 23.2 Å². The Morgan fingerprint density at radius 1 is 1.60 bits per heavy atom. The lowest BCUT2D eigenvalue weighted by Gasteiger charge is -2.20. The van der Waals surface area contributed by atoms with Crippen LogP contribution in [0.15, 0.2) is 0 Å². The van der Waals surface area contributed by atoms with Gasteiger partial charge in [0.05, 0.1) is 13.2 Å². The third-order valence-electron chi connectivity index (χ3n) is 0.990. The number of rotatable bonds is 4. The molecule has 0 bridgehead atoms. The van der Waals surface area contributed by atoms with Crippen LogP contribution in [0, 0.1) is 5.41 Å². The van der Waals surface area contributed by atoms with Gasteiger partial charge in [-0.05, 0) is 11.2 Å². The molecule has 1 atom stereocenters. The van der Waals surface area contributed by atoms with Crippen molar-refractivity contribution in [1.29, 1.82) is 0 Å². The van der Waals surface area contributed by atoms with E-state index in [4.69, 9.17) is 25.8 Å². The highest BCUT2D eigenvalue weighted by atomic mass is 35.7. The summed E-state index contributed by atoms with van der Waals surface area (Å²) in [5, 5.41) is 8.71. The fourth-order valence-corrected chi connectivity index (χ4v) is 0.876. The minimum absolute atomic E-state index is 0.0209. The van der Waals surface area contributed by atoms with Crippen LogP contribution >= 0.6 is 19.0 Å². The zero-order valence-electron chi connectivity index (χ0n) is 6.04. The van der Waals surface area contributed by atoms with E-state index in [2.05, 4.69) is 0 Å². The van der Waals surface area contributed by atoms with Crippen LogP contribution in [0.4, 0.5) is 0 Å². The number of halogens is 1. The van der Waals surface area contributed by atoms with Gasteiger partial charge in [0.15, 0.2) is 0 Å². The van der Waals surface area contributed by atoms with Crippen molar-refractivity contribution in [3.05, 3.63) is 0 Å². The van der Waals surface area contributed by atoms with E-state index in [-0.39, 0.29) is 18.6 Å². The Bertz CT molecular complexity index is 96.9. The Morgan fingerprint density at radius 3 is 2.40 bits per heavy atom. The summed E-state index contributed by atoms with van der Waals surface area (Å²) in [6, 6.07) is 0. The fourth-order valence-electron chi connectivity index (χ4n) is 0.274. The van der Waals surface area contributed by atoms with E-state index in [9.17, 15) is 0 Å². The van der Waals surface area contributed by atoms with Gasteiger partial charge in [0.1, 0.15) is 0 Å². The molecule has 0 spiro atoms. The van der Waals surface area contributed by atoms with Gasteiger partial charge >= 0.3 is 0 Å². The molecule has 0 saturated heterocycles. The summed E-state index contributed by atoms with van der Waals surface area (Å²) < 4.78 is 4.72. The second-order valence-electron chi connectivity index (χ2n) is 2.82. The van der Waals surface area contributed by atoms with E-state index in [1.165, 1.54) is 0 Å². The van der Waals surface area contributed by atoms with Crippen LogP contribution in [0.3, 0.4) is 0 Å². The number of aliphatic hydroxyl groups is 1. The van der Waals surface area contributed by atoms with Gasteiger partial charge in [-0.2, -0.15) is 0 Å². The molecule has 3 nitrogen and oxygen atoms in total. The van der Waals surface area contributed by atoms with E-state index in [1.807, 2.05) is 13.8 Å². The zero-order chi connectivity index (χ0) is 8.20. The topological polar surface area (TPSA) is 49.7 Å². The van der Waals surface area contributed by atoms with Gasteiger partial charge in [-0.15, -0.1) is 0 Å². The predicted octanol–water partition coefficient (Wildman–Crippen LogP) is 1.48. The Morgan fingerprint density at radius 2 is 2.10 bits per heavy atom. The second-order valence-corrected chi connectivity index (χ2v) is 4.40. The third-order valence-corrected chi connectivity index (χ3v) is 1.62. The minimum atomic E-state index is -1.81. The Kier molecular flexibility index (Phi) is 4.74. The Labute approximate surface area is 66.7 Å². The Balaban J connectivity index is 3.46. The van der Waals surface area contributed by atoms with Crippen molar-refractivity contribution in [3.8, 4) is 0 Å². The van der Waals surface area contributed by atoms with Crippen molar-refractivity contribution in [2.75, 3.05) is 13.2 Å². The van der Waals surface area contributed by atoms with Crippen LogP contribution in [0.1, 0.15) is 13.8 Å². The average Bonchev–Trinajstić information content (AvgIpc) is 1.85. The molecule has 0 saturated carbocycles. The number of hydrogen-bond acceptors (Lipinski definition) is 3. The maximum atomic E-state index is 8.71. The van der Waals surface area contributed by atoms with Crippen LogP contribution in [0.5, 0.6) is 0 Å². The van der Waals surface area contributed by atoms with Crippen molar-refractivity contribution in [2.24, 2.45) is 5.41 Å². The number of hydrogen-bond donors (Lipinski definition) is 2. The standard InChI is InChI=1S/C5H12ClO3P/c1-5(2,3-7)4-9-10(6)8/h7-8H,3-4H2,1-2H3. The number of aliphatic hydroxyl groups excluding tert-OH is 1.